The molecule has 0 unspecified atom stereocenters. The summed E-state index contributed by atoms with van der Waals surface area (Å²) in [6, 6.07) is 4.67. The van der Waals surface area contributed by atoms with Crippen LogP contribution in [0.3, 0.4) is 0 Å². The quantitative estimate of drug-likeness (QED) is 0.893. The topological polar surface area (TPSA) is 62.7 Å². The molecule has 2 fully saturated rings. The van der Waals surface area contributed by atoms with Crippen molar-refractivity contribution < 1.29 is 0 Å². The second kappa shape index (κ2) is 4.98. The molecule has 0 spiro atoms. The molecule has 5 heteroatoms. The molecule has 20 heavy (non-hydrogen) atoms. The SMILES string of the molecule is c1cc2cnc(NC3CCNCC3)nc2nc1C1CC1. The summed E-state index contributed by atoms with van der Waals surface area (Å²) >= 11 is 0. The van der Waals surface area contributed by atoms with Gasteiger partial charge < -0.3 is 10.6 Å². The second-order valence-corrected chi connectivity index (χ2v) is 5.79. The highest BCUT2D eigenvalue weighted by molar-refractivity contribution is 5.74. The van der Waals surface area contributed by atoms with E-state index in [0.29, 0.717) is 17.9 Å². The normalized spacial score (nSPS) is 20.2. The third-order valence-corrected chi connectivity index (χ3v) is 4.13. The molecule has 2 aliphatic rings. The molecule has 104 valence electrons. The standard InChI is InChI=1S/C15H19N5/c1-2-10(1)13-4-3-11-9-17-15(20-14(11)19-13)18-12-5-7-16-8-6-12/h3-4,9-10,12,16H,1-2,5-8H2,(H,17,18,19,20). The van der Waals surface area contributed by atoms with Crippen molar-refractivity contribution in [1.29, 1.82) is 0 Å². The molecule has 0 bridgehead atoms. The van der Waals surface area contributed by atoms with Crippen LogP contribution in [0.15, 0.2) is 18.3 Å². The Labute approximate surface area is 118 Å². The number of hydrogen-bond donors (Lipinski definition) is 2. The lowest BCUT2D eigenvalue weighted by molar-refractivity contribution is 0.477. The van der Waals surface area contributed by atoms with Gasteiger partial charge >= 0.3 is 0 Å². The number of pyridine rings is 1. The van der Waals surface area contributed by atoms with E-state index in [2.05, 4.69) is 37.7 Å². The average Bonchev–Trinajstić information content (AvgIpc) is 3.32. The summed E-state index contributed by atoms with van der Waals surface area (Å²) in [6.45, 7) is 2.13. The van der Waals surface area contributed by atoms with Gasteiger partial charge in [-0.15, -0.1) is 0 Å². The highest BCUT2D eigenvalue weighted by atomic mass is 15.1. The van der Waals surface area contributed by atoms with Crippen molar-refractivity contribution in [2.75, 3.05) is 18.4 Å². The van der Waals surface area contributed by atoms with Gasteiger partial charge in [0, 0.05) is 29.2 Å². The first kappa shape index (κ1) is 12.0. The fourth-order valence-electron chi connectivity index (χ4n) is 2.75. The maximum Gasteiger partial charge on any atom is 0.224 e. The van der Waals surface area contributed by atoms with E-state index in [1.165, 1.54) is 18.5 Å². The van der Waals surface area contributed by atoms with E-state index >= 15 is 0 Å². The van der Waals surface area contributed by atoms with Crippen LogP contribution in [0.2, 0.25) is 0 Å². The summed E-state index contributed by atoms with van der Waals surface area (Å²) < 4.78 is 0. The van der Waals surface area contributed by atoms with Crippen molar-refractivity contribution >= 4 is 17.0 Å². The summed E-state index contributed by atoms with van der Waals surface area (Å²) in [7, 11) is 0. The molecule has 1 saturated carbocycles. The molecule has 0 radical (unpaired) electrons. The molecule has 0 aromatic carbocycles. The second-order valence-electron chi connectivity index (χ2n) is 5.79. The summed E-state index contributed by atoms with van der Waals surface area (Å²) in [4.78, 5) is 13.7. The molecule has 2 aromatic heterocycles. The first-order valence-corrected chi connectivity index (χ1v) is 7.49. The molecule has 0 atom stereocenters. The number of aromatic nitrogens is 3. The number of nitrogens with zero attached hydrogens (tertiary/aromatic N) is 3. The van der Waals surface area contributed by atoms with Crippen molar-refractivity contribution in [2.45, 2.75) is 37.6 Å². The van der Waals surface area contributed by atoms with Gasteiger partial charge in [-0.3, -0.25) is 0 Å². The number of rotatable bonds is 3. The third kappa shape index (κ3) is 2.45. The predicted octanol–water partition coefficient (Wildman–Crippen LogP) is 2.07. The Hall–Kier alpha value is -1.75. The van der Waals surface area contributed by atoms with Crippen molar-refractivity contribution in [2.24, 2.45) is 0 Å². The first-order valence-electron chi connectivity index (χ1n) is 7.49. The zero-order chi connectivity index (χ0) is 13.4. The van der Waals surface area contributed by atoms with Crippen LogP contribution in [0.25, 0.3) is 11.0 Å². The van der Waals surface area contributed by atoms with E-state index in [-0.39, 0.29) is 0 Å². The lowest BCUT2D eigenvalue weighted by Crippen LogP contribution is -2.35. The minimum atomic E-state index is 0.473. The van der Waals surface area contributed by atoms with E-state index in [4.69, 9.17) is 0 Å². The summed E-state index contributed by atoms with van der Waals surface area (Å²) in [5.74, 6) is 1.38. The van der Waals surface area contributed by atoms with E-state index in [9.17, 15) is 0 Å². The van der Waals surface area contributed by atoms with Gasteiger partial charge in [-0.25, -0.2) is 9.97 Å². The molecular weight excluding hydrogens is 250 g/mol. The van der Waals surface area contributed by atoms with Gasteiger partial charge in [-0.2, -0.15) is 4.98 Å². The fraction of sp³-hybridized carbons (Fsp3) is 0.533. The fourth-order valence-corrected chi connectivity index (χ4v) is 2.75. The highest BCUT2D eigenvalue weighted by Crippen LogP contribution is 2.39. The lowest BCUT2D eigenvalue weighted by Gasteiger charge is -2.23. The van der Waals surface area contributed by atoms with Gasteiger partial charge in [0.25, 0.3) is 0 Å². The highest BCUT2D eigenvalue weighted by Gasteiger charge is 2.25. The van der Waals surface area contributed by atoms with Crippen molar-refractivity contribution in [3.8, 4) is 0 Å². The maximum absolute atomic E-state index is 4.69. The number of fused-ring (bicyclic) bond motifs is 1. The van der Waals surface area contributed by atoms with E-state index < -0.39 is 0 Å². The van der Waals surface area contributed by atoms with Gasteiger partial charge in [-0.05, 0) is 50.9 Å². The Kier molecular flexibility index (Phi) is 2.99. The van der Waals surface area contributed by atoms with Crippen LogP contribution in [0, 0.1) is 0 Å². The Balaban J connectivity index is 1.59. The lowest BCUT2D eigenvalue weighted by atomic mass is 10.1. The van der Waals surface area contributed by atoms with Gasteiger partial charge in [0.1, 0.15) is 0 Å². The number of anilines is 1. The van der Waals surface area contributed by atoms with Crippen LogP contribution in [-0.2, 0) is 0 Å². The van der Waals surface area contributed by atoms with Gasteiger partial charge in [0.15, 0.2) is 5.65 Å². The van der Waals surface area contributed by atoms with E-state index in [1.807, 2.05) is 6.20 Å². The zero-order valence-electron chi connectivity index (χ0n) is 11.5. The molecule has 5 nitrogen and oxygen atoms in total. The van der Waals surface area contributed by atoms with Crippen LogP contribution in [0.4, 0.5) is 5.95 Å². The molecule has 1 aliphatic heterocycles. The van der Waals surface area contributed by atoms with Crippen molar-refractivity contribution in [3.63, 3.8) is 0 Å². The summed E-state index contributed by atoms with van der Waals surface area (Å²) in [5, 5.41) is 7.82. The minimum Gasteiger partial charge on any atom is -0.351 e. The molecule has 2 N–H and O–H groups in total. The minimum absolute atomic E-state index is 0.473. The number of piperidine rings is 1. The van der Waals surface area contributed by atoms with Gasteiger partial charge in [-0.1, -0.05) is 0 Å². The van der Waals surface area contributed by atoms with Crippen molar-refractivity contribution in [3.05, 3.63) is 24.0 Å². The molecule has 3 heterocycles. The molecule has 4 rings (SSSR count). The first-order chi connectivity index (χ1) is 9.88. The predicted molar refractivity (Wildman–Crippen MR) is 78.8 cm³/mol. The Morgan fingerprint density at radius 2 is 1.90 bits per heavy atom. The van der Waals surface area contributed by atoms with Gasteiger partial charge in [0.05, 0.1) is 0 Å². The zero-order valence-corrected chi connectivity index (χ0v) is 11.5. The van der Waals surface area contributed by atoms with E-state index in [1.54, 1.807) is 0 Å². The number of nitrogens with one attached hydrogen (secondary N) is 2. The Morgan fingerprint density at radius 1 is 1.05 bits per heavy atom. The van der Waals surface area contributed by atoms with Crippen LogP contribution >= 0.6 is 0 Å². The smallest absolute Gasteiger partial charge is 0.224 e. The third-order valence-electron chi connectivity index (χ3n) is 4.13. The molecule has 0 amide bonds. The van der Waals surface area contributed by atoms with Gasteiger partial charge in [0.2, 0.25) is 5.95 Å². The monoisotopic (exact) mass is 269 g/mol. The molecule has 1 aliphatic carbocycles. The van der Waals surface area contributed by atoms with Crippen LogP contribution in [0.1, 0.15) is 37.3 Å². The summed E-state index contributed by atoms with van der Waals surface area (Å²) in [5.41, 5.74) is 2.00. The maximum atomic E-state index is 4.69. The molecule has 1 saturated heterocycles. The average molecular weight is 269 g/mol. The molecular formula is C15H19N5. The summed E-state index contributed by atoms with van der Waals surface area (Å²) in [6.07, 6.45) is 6.65. The van der Waals surface area contributed by atoms with E-state index in [0.717, 1.165) is 37.0 Å². The van der Waals surface area contributed by atoms with Crippen LogP contribution in [-0.4, -0.2) is 34.1 Å². The molecule has 2 aromatic rings. The Bertz CT molecular complexity index is 617. The Morgan fingerprint density at radius 3 is 2.70 bits per heavy atom. The largest absolute Gasteiger partial charge is 0.351 e. The van der Waals surface area contributed by atoms with Crippen LogP contribution < -0.4 is 10.6 Å². The van der Waals surface area contributed by atoms with Crippen LogP contribution in [0.5, 0.6) is 0 Å². The van der Waals surface area contributed by atoms with Crippen molar-refractivity contribution in [1.82, 2.24) is 20.3 Å². The number of hydrogen-bond acceptors (Lipinski definition) is 5.